The van der Waals surface area contributed by atoms with Gasteiger partial charge in [-0.3, -0.25) is 14.6 Å². The molecule has 2 amide bonds. The number of aromatic nitrogens is 2. The van der Waals surface area contributed by atoms with E-state index in [2.05, 4.69) is 16.0 Å². The van der Waals surface area contributed by atoms with Gasteiger partial charge in [0, 0.05) is 38.1 Å². The van der Waals surface area contributed by atoms with Crippen LogP contribution >= 0.6 is 0 Å². The molecule has 0 spiro atoms. The molecule has 8 heteroatoms. The van der Waals surface area contributed by atoms with E-state index in [9.17, 15) is 14.7 Å². The number of fused-ring (bicyclic) bond motifs is 1. The first-order valence-electron chi connectivity index (χ1n) is 12.3. The van der Waals surface area contributed by atoms with Crippen molar-refractivity contribution in [2.45, 2.75) is 51.7 Å². The summed E-state index contributed by atoms with van der Waals surface area (Å²) in [4.78, 5) is 38.4. The average molecular weight is 479 g/mol. The monoisotopic (exact) mass is 478 g/mol. The van der Waals surface area contributed by atoms with Crippen molar-refractivity contribution in [2.24, 2.45) is 5.92 Å². The standard InChI is InChI=1S/C27H34N4O4/c1-18-15-31(19(2)17-32)27(34)23-12-22(20-8-5-4-6-9-20)14-29-25(23)35-24(18)16-30(3)26(33)21-10-7-11-28-13-21/h7-8,10-14,18-19,24,32H,4-6,9,15-17H2,1-3H3/t18-,19-,24-/m1/s1. The molecule has 4 rings (SSSR count). The van der Waals surface area contributed by atoms with Crippen molar-refractivity contribution < 1.29 is 19.4 Å². The first kappa shape index (κ1) is 24.9. The van der Waals surface area contributed by atoms with Crippen molar-refractivity contribution in [3.8, 4) is 5.88 Å². The zero-order chi connectivity index (χ0) is 24.9. The van der Waals surface area contributed by atoms with E-state index >= 15 is 0 Å². The molecule has 8 nitrogen and oxygen atoms in total. The van der Waals surface area contributed by atoms with Crippen molar-refractivity contribution in [1.82, 2.24) is 19.8 Å². The third kappa shape index (κ3) is 5.53. The molecule has 3 heterocycles. The Balaban J connectivity index is 1.66. The van der Waals surface area contributed by atoms with E-state index in [0.717, 1.165) is 24.8 Å². The van der Waals surface area contributed by atoms with Gasteiger partial charge in [0.05, 0.1) is 24.8 Å². The molecule has 3 atom stereocenters. The predicted octanol–water partition coefficient (Wildman–Crippen LogP) is 3.43. The van der Waals surface area contributed by atoms with E-state index in [0.29, 0.717) is 24.2 Å². The van der Waals surface area contributed by atoms with Crippen LogP contribution in [-0.2, 0) is 0 Å². The third-order valence-corrected chi connectivity index (χ3v) is 6.89. The molecule has 2 aromatic rings. The van der Waals surface area contributed by atoms with Gasteiger partial charge in [-0.1, -0.05) is 13.0 Å². The van der Waals surface area contributed by atoms with Crippen molar-refractivity contribution in [2.75, 3.05) is 26.7 Å². The van der Waals surface area contributed by atoms with Crippen molar-refractivity contribution in [3.05, 3.63) is 59.6 Å². The van der Waals surface area contributed by atoms with E-state index < -0.39 is 6.10 Å². The number of rotatable bonds is 6. The Morgan fingerprint density at radius 1 is 1.34 bits per heavy atom. The van der Waals surface area contributed by atoms with Gasteiger partial charge in [0.1, 0.15) is 11.7 Å². The smallest absolute Gasteiger partial charge is 0.259 e. The number of ether oxygens (including phenoxy) is 1. The lowest BCUT2D eigenvalue weighted by Crippen LogP contribution is -2.50. The Labute approximate surface area is 206 Å². The minimum Gasteiger partial charge on any atom is -0.472 e. The molecule has 0 saturated heterocycles. The quantitative estimate of drug-likeness (QED) is 0.684. The average Bonchev–Trinajstić information content (AvgIpc) is 2.90. The van der Waals surface area contributed by atoms with Gasteiger partial charge in [-0.25, -0.2) is 4.98 Å². The van der Waals surface area contributed by atoms with E-state index in [1.54, 1.807) is 47.6 Å². The summed E-state index contributed by atoms with van der Waals surface area (Å²) in [5, 5.41) is 9.86. The Bertz CT molecular complexity index is 1090. The lowest BCUT2D eigenvalue weighted by molar-refractivity contribution is 0.0313. The molecule has 0 fully saturated rings. The van der Waals surface area contributed by atoms with Crippen LogP contribution in [0.25, 0.3) is 5.57 Å². The Hall–Kier alpha value is -3.26. The fourth-order valence-electron chi connectivity index (χ4n) is 4.66. The second-order valence-electron chi connectivity index (χ2n) is 9.60. The van der Waals surface area contributed by atoms with Crippen LogP contribution in [0.4, 0.5) is 0 Å². The van der Waals surface area contributed by atoms with Crippen molar-refractivity contribution in [3.63, 3.8) is 0 Å². The molecule has 1 aliphatic heterocycles. The second kappa shape index (κ2) is 11.0. The summed E-state index contributed by atoms with van der Waals surface area (Å²) in [6.07, 6.45) is 11.1. The highest BCUT2D eigenvalue weighted by atomic mass is 16.5. The van der Waals surface area contributed by atoms with Crippen LogP contribution in [0.1, 0.15) is 65.8 Å². The summed E-state index contributed by atoms with van der Waals surface area (Å²) in [5.41, 5.74) is 3.04. The van der Waals surface area contributed by atoms with Crippen molar-refractivity contribution in [1.29, 1.82) is 0 Å². The minimum absolute atomic E-state index is 0.104. The number of aliphatic hydroxyl groups excluding tert-OH is 1. The first-order chi connectivity index (χ1) is 16.9. The molecule has 1 N–H and O–H groups in total. The summed E-state index contributed by atoms with van der Waals surface area (Å²) >= 11 is 0. The molecule has 2 aliphatic rings. The van der Waals surface area contributed by atoms with Gasteiger partial charge in [-0.05, 0) is 61.9 Å². The summed E-state index contributed by atoms with van der Waals surface area (Å²) in [5.74, 6) is -0.186. The predicted molar refractivity (Wildman–Crippen MR) is 133 cm³/mol. The number of hydrogen-bond acceptors (Lipinski definition) is 6. The molecule has 0 bridgehead atoms. The highest BCUT2D eigenvalue weighted by Crippen LogP contribution is 2.32. The molecule has 186 valence electrons. The van der Waals surface area contributed by atoms with Crippen LogP contribution in [0, 0.1) is 5.92 Å². The Kier molecular flexibility index (Phi) is 7.80. The fourth-order valence-corrected chi connectivity index (χ4v) is 4.66. The SMILES string of the molecule is C[C@@H]1CN([C@H](C)CO)C(=O)c2cc(C3=CCCCC3)cnc2O[C@@H]1CN(C)C(=O)c1cccnc1. The number of nitrogens with zero attached hydrogens (tertiary/aromatic N) is 4. The summed E-state index contributed by atoms with van der Waals surface area (Å²) < 4.78 is 6.33. The first-order valence-corrected chi connectivity index (χ1v) is 12.3. The number of carbonyl (C=O) groups excluding carboxylic acids is 2. The van der Waals surface area contributed by atoms with Gasteiger partial charge in [0.2, 0.25) is 5.88 Å². The third-order valence-electron chi connectivity index (χ3n) is 6.89. The Morgan fingerprint density at radius 2 is 2.17 bits per heavy atom. The fraction of sp³-hybridized carbons (Fsp3) is 0.481. The zero-order valence-electron chi connectivity index (χ0n) is 20.7. The summed E-state index contributed by atoms with van der Waals surface area (Å²) in [7, 11) is 1.73. The van der Waals surface area contributed by atoms with Crippen LogP contribution in [0.3, 0.4) is 0 Å². The van der Waals surface area contributed by atoms with Gasteiger partial charge >= 0.3 is 0 Å². The van der Waals surface area contributed by atoms with Gasteiger partial charge in [0.25, 0.3) is 11.8 Å². The van der Waals surface area contributed by atoms with Crippen LogP contribution in [0.15, 0.2) is 42.9 Å². The molecule has 2 aromatic heterocycles. The Morgan fingerprint density at radius 3 is 2.86 bits per heavy atom. The number of carbonyl (C=O) groups is 2. The second-order valence-corrected chi connectivity index (χ2v) is 9.60. The van der Waals surface area contributed by atoms with Gasteiger partial charge in [-0.2, -0.15) is 0 Å². The van der Waals surface area contributed by atoms with E-state index in [-0.39, 0.29) is 36.3 Å². The maximum Gasteiger partial charge on any atom is 0.259 e. The molecule has 0 saturated carbocycles. The highest BCUT2D eigenvalue weighted by molar-refractivity contribution is 5.97. The number of hydrogen-bond donors (Lipinski definition) is 1. The largest absolute Gasteiger partial charge is 0.472 e. The molecule has 0 aromatic carbocycles. The molecular formula is C27H34N4O4. The number of allylic oxidation sites excluding steroid dienone is 2. The maximum atomic E-state index is 13.6. The van der Waals surface area contributed by atoms with Gasteiger partial charge in [0.15, 0.2) is 0 Å². The number of likely N-dealkylation sites (N-methyl/N-ethyl adjacent to an activating group) is 1. The molecule has 35 heavy (non-hydrogen) atoms. The van der Waals surface area contributed by atoms with Gasteiger partial charge in [-0.15, -0.1) is 0 Å². The zero-order valence-corrected chi connectivity index (χ0v) is 20.7. The van der Waals surface area contributed by atoms with Gasteiger partial charge < -0.3 is 19.6 Å². The number of amides is 2. The molecule has 0 radical (unpaired) electrons. The van der Waals surface area contributed by atoms with Crippen molar-refractivity contribution >= 4 is 17.4 Å². The molecular weight excluding hydrogens is 444 g/mol. The summed E-state index contributed by atoms with van der Waals surface area (Å²) in [6.45, 7) is 4.40. The van der Waals surface area contributed by atoms with Crippen LogP contribution in [0.5, 0.6) is 5.88 Å². The van der Waals surface area contributed by atoms with Crippen LogP contribution in [0.2, 0.25) is 0 Å². The minimum atomic E-state index is -0.395. The summed E-state index contributed by atoms with van der Waals surface area (Å²) in [6, 6.07) is 4.98. The van der Waals surface area contributed by atoms with Crippen LogP contribution < -0.4 is 4.74 Å². The van der Waals surface area contributed by atoms with Crippen LogP contribution in [-0.4, -0.2) is 75.6 Å². The lowest BCUT2D eigenvalue weighted by Gasteiger charge is -2.37. The topological polar surface area (TPSA) is 95.9 Å². The highest BCUT2D eigenvalue weighted by Gasteiger charge is 2.35. The molecule has 0 unspecified atom stereocenters. The number of aliphatic hydroxyl groups is 1. The molecule has 1 aliphatic carbocycles. The maximum absolute atomic E-state index is 13.6. The number of pyridine rings is 2. The van der Waals surface area contributed by atoms with E-state index in [1.807, 2.05) is 19.9 Å². The lowest BCUT2D eigenvalue weighted by atomic mass is 9.93. The van der Waals surface area contributed by atoms with E-state index in [1.165, 1.54) is 12.0 Å². The normalized spacial score (nSPS) is 21.2. The van der Waals surface area contributed by atoms with E-state index in [4.69, 9.17) is 4.74 Å².